The number of hydrogen-bond acceptors (Lipinski definition) is 3. The van der Waals surface area contributed by atoms with Crippen LogP contribution in [0.4, 0.5) is 0 Å². The molecule has 1 spiro atoms. The molecule has 21 heavy (non-hydrogen) atoms. The Labute approximate surface area is 137 Å². The zero-order chi connectivity index (χ0) is 15.0. The number of thiophene rings is 1. The van der Waals surface area contributed by atoms with Crippen molar-refractivity contribution in [3.05, 3.63) is 20.8 Å². The summed E-state index contributed by atoms with van der Waals surface area (Å²) in [6.07, 6.45) is 4.73. The van der Waals surface area contributed by atoms with E-state index in [0.717, 1.165) is 41.5 Å². The first kappa shape index (κ1) is 15.0. The minimum Gasteiger partial charge on any atom is -0.343 e. The van der Waals surface area contributed by atoms with Gasteiger partial charge in [0.05, 0.1) is 6.54 Å². The molecule has 0 aromatic carbocycles. The van der Waals surface area contributed by atoms with Crippen molar-refractivity contribution >= 4 is 39.1 Å². The zero-order valence-corrected chi connectivity index (χ0v) is 14.4. The standard InChI is InChI=1S/C15H19BrN2O2S/c1-10-13(19)18(9-12-11(16)5-8-21-12)15(14(20)17-10)6-3-2-4-7-15/h5,8,10H,2-4,6-7,9H2,1H3,(H,17,20). The van der Waals surface area contributed by atoms with Gasteiger partial charge >= 0.3 is 0 Å². The quantitative estimate of drug-likeness (QED) is 0.869. The first-order valence-electron chi connectivity index (χ1n) is 7.39. The van der Waals surface area contributed by atoms with Crippen LogP contribution in [0, 0.1) is 0 Å². The van der Waals surface area contributed by atoms with Gasteiger partial charge in [-0.15, -0.1) is 11.3 Å². The second-order valence-electron chi connectivity index (χ2n) is 5.90. The van der Waals surface area contributed by atoms with Crippen molar-refractivity contribution in [2.45, 2.75) is 57.2 Å². The van der Waals surface area contributed by atoms with Gasteiger partial charge in [-0.05, 0) is 47.1 Å². The number of nitrogens with zero attached hydrogens (tertiary/aromatic N) is 1. The fraction of sp³-hybridized carbons (Fsp3) is 0.600. The van der Waals surface area contributed by atoms with Crippen molar-refractivity contribution in [1.82, 2.24) is 10.2 Å². The lowest BCUT2D eigenvalue weighted by atomic mass is 9.77. The molecule has 0 radical (unpaired) electrons. The first-order chi connectivity index (χ1) is 10.0. The number of carbonyl (C=O) groups is 2. The Kier molecular flexibility index (Phi) is 4.10. The van der Waals surface area contributed by atoms with Crippen LogP contribution >= 0.6 is 27.3 Å². The summed E-state index contributed by atoms with van der Waals surface area (Å²) in [5.74, 6) is 0.0683. The molecule has 2 heterocycles. The van der Waals surface area contributed by atoms with Gasteiger partial charge in [0.25, 0.3) is 0 Å². The highest BCUT2D eigenvalue weighted by molar-refractivity contribution is 9.10. The summed E-state index contributed by atoms with van der Waals surface area (Å²) < 4.78 is 1.02. The maximum atomic E-state index is 12.7. The van der Waals surface area contributed by atoms with Crippen LogP contribution in [0.3, 0.4) is 0 Å². The van der Waals surface area contributed by atoms with Crippen LogP contribution in [0.15, 0.2) is 15.9 Å². The predicted molar refractivity (Wildman–Crippen MR) is 86.0 cm³/mol. The van der Waals surface area contributed by atoms with Crippen molar-refractivity contribution in [2.75, 3.05) is 0 Å². The smallest absolute Gasteiger partial charge is 0.246 e. The molecule has 1 aromatic heterocycles. The molecule has 1 aliphatic carbocycles. The van der Waals surface area contributed by atoms with Gasteiger partial charge in [0.1, 0.15) is 11.6 Å². The summed E-state index contributed by atoms with van der Waals surface area (Å²) in [5.41, 5.74) is -0.634. The van der Waals surface area contributed by atoms with E-state index in [1.807, 2.05) is 16.3 Å². The van der Waals surface area contributed by atoms with Crippen molar-refractivity contribution in [3.63, 3.8) is 0 Å². The van der Waals surface area contributed by atoms with Gasteiger partial charge in [0.15, 0.2) is 0 Å². The summed E-state index contributed by atoms with van der Waals surface area (Å²) in [5, 5.41) is 4.88. The fourth-order valence-corrected chi connectivity index (χ4v) is 4.87. The van der Waals surface area contributed by atoms with Gasteiger partial charge in [-0.2, -0.15) is 0 Å². The van der Waals surface area contributed by atoms with E-state index >= 15 is 0 Å². The molecule has 114 valence electrons. The van der Waals surface area contributed by atoms with Crippen molar-refractivity contribution in [3.8, 4) is 0 Å². The highest BCUT2D eigenvalue weighted by Gasteiger charge is 2.51. The molecule has 0 bridgehead atoms. The Morgan fingerprint density at radius 3 is 2.71 bits per heavy atom. The summed E-state index contributed by atoms with van der Waals surface area (Å²) in [6.45, 7) is 2.29. The molecule has 1 atom stereocenters. The predicted octanol–water partition coefficient (Wildman–Crippen LogP) is 3.06. The summed E-state index contributed by atoms with van der Waals surface area (Å²) in [4.78, 5) is 28.3. The zero-order valence-electron chi connectivity index (χ0n) is 12.0. The molecular formula is C15H19BrN2O2S. The van der Waals surface area contributed by atoms with Crippen molar-refractivity contribution in [2.24, 2.45) is 0 Å². The molecule has 1 aliphatic heterocycles. The number of piperazine rings is 1. The van der Waals surface area contributed by atoms with Crippen LogP contribution in [-0.2, 0) is 16.1 Å². The topological polar surface area (TPSA) is 49.4 Å². The lowest BCUT2D eigenvalue weighted by molar-refractivity contribution is -0.160. The fourth-order valence-electron chi connectivity index (χ4n) is 3.40. The molecule has 2 amide bonds. The largest absolute Gasteiger partial charge is 0.343 e. The lowest BCUT2D eigenvalue weighted by Crippen LogP contribution is -2.70. The second kappa shape index (κ2) is 5.72. The number of nitrogens with one attached hydrogen (secondary N) is 1. The van der Waals surface area contributed by atoms with Gasteiger partial charge in [-0.25, -0.2) is 0 Å². The molecule has 2 aliphatic rings. The van der Waals surface area contributed by atoms with E-state index < -0.39 is 11.6 Å². The average molecular weight is 371 g/mol. The molecule has 6 heteroatoms. The summed E-state index contributed by atoms with van der Waals surface area (Å²) in [7, 11) is 0. The Morgan fingerprint density at radius 2 is 2.10 bits per heavy atom. The number of carbonyl (C=O) groups excluding carboxylic acids is 2. The highest BCUT2D eigenvalue weighted by atomic mass is 79.9. The molecule has 1 N–H and O–H groups in total. The number of rotatable bonds is 2. The van der Waals surface area contributed by atoms with Crippen LogP contribution < -0.4 is 5.32 Å². The van der Waals surface area contributed by atoms with Gasteiger partial charge in [-0.3, -0.25) is 9.59 Å². The Bertz CT molecular complexity index is 566. The van der Waals surface area contributed by atoms with Gasteiger partial charge in [0.2, 0.25) is 11.8 Å². The van der Waals surface area contributed by atoms with E-state index in [9.17, 15) is 9.59 Å². The molecule has 1 saturated carbocycles. The van der Waals surface area contributed by atoms with E-state index in [2.05, 4.69) is 21.2 Å². The molecule has 1 unspecified atom stereocenters. The number of halogens is 1. The summed E-state index contributed by atoms with van der Waals surface area (Å²) >= 11 is 5.15. The third kappa shape index (κ3) is 2.52. The van der Waals surface area contributed by atoms with E-state index in [1.54, 1.807) is 18.3 Å². The minimum atomic E-state index is -0.634. The van der Waals surface area contributed by atoms with Crippen LogP contribution in [0.5, 0.6) is 0 Å². The summed E-state index contributed by atoms with van der Waals surface area (Å²) in [6, 6.07) is 1.56. The maximum absolute atomic E-state index is 12.7. The van der Waals surface area contributed by atoms with E-state index in [-0.39, 0.29) is 11.8 Å². The Hall–Kier alpha value is -0.880. The third-order valence-corrected chi connectivity index (χ3v) is 6.51. The monoisotopic (exact) mass is 370 g/mol. The minimum absolute atomic E-state index is 0.0296. The molecular weight excluding hydrogens is 352 g/mol. The molecule has 4 nitrogen and oxygen atoms in total. The molecule has 3 rings (SSSR count). The van der Waals surface area contributed by atoms with Crippen LogP contribution in [-0.4, -0.2) is 28.3 Å². The normalized spacial score (nSPS) is 25.2. The average Bonchev–Trinajstić information content (AvgIpc) is 2.88. The number of hydrogen-bond donors (Lipinski definition) is 1. The van der Waals surface area contributed by atoms with Crippen LogP contribution in [0.1, 0.15) is 43.9 Å². The molecule has 1 aromatic rings. The SMILES string of the molecule is CC1NC(=O)C2(CCCCC2)N(Cc2sccc2Br)C1=O. The molecule has 1 saturated heterocycles. The second-order valence-corrected chi connectivity index (χ2v) is 7.76. The third-order valence-electron chi connectivity index (χ3n) is 4.60. The Morgan fingerprint density at radius 1 is 1.38 bits per heavy atom. The lowest BCUT2D eigenvalue weighted by Gasteiger charge is -2.49. The Balaban J connectivity index is 1.96. The van der Waals surface area contributed by atoms with Gasteiger partial charge in [0, 0.05) is 9.35 Å². The maximum Gasteiger partial charge on any atom is 0.246 e. The highest BCUT2D eigenvalue weighted by Crippen LogP contribution is 2.38. The van der Waals surface area contributed by atoms with Crippen LogP contribution in [0.2, 0.25) is 0 Å². The van der Waals surface area contributed by atoms with Crippen molar-refractivity contribution < 1.29 is 9.59 Å². The van der Waals surface area contributed by atoms with E-state index in [0.29, 0.717) is 6.54 Å². The first-order valence-corrected chi connectivity index (χ1v) is 9.06. The van der Waals surface area contributed by atoms with Crippen molar-refractivity contribution in [1.29, 1.82) is 0 Å². The van der Waals surface area contributed by atoms with Crippen LogP contribution in [0.25, 0.3) is 0 Å². The van der Waals surface area contributed by atoms with E-state index in [4.69, 9.17) is 0 Å². The number of amides is 2. The van der Waals surface area contributed by atoms with E-state index in [1.165, 1.54) is 0 Å². The van der Waals surface area contributed by atoms with Gasteiger partial charge < -0.3 is 10.2 Å². The molecule has 2 fully saturated rings. The van der Waals surface area contributed by atoms with Gasteiger partial charge in [-0.1, -0.05) is 19.3 Å².